The second-order valence-electron chi connectivity index (χ2n) is 5.28. The van der Waals surface area contributed by atoms with Crippen LogP contribution in [0.15, 0.2) is 53.4 Å². The summed E-state index contributed by atoms with van der Waals surface area (Å²) in [6.07, 6.45) is 0. The molecule has 0 radical (unpaired) electrons. The largest absolute Gasteiger partial charge is 0.497 e. The first kappa shape index (κ1) is 19.7. The highest BCUT2D eigenvalue weighted by Crippen LogP contribution is 2.17. The zero-order valence-electron chi connectivity index (χ0n) is 14.7. The summed E-state index contributed by atoms with van der Waals surface area (Å²) in [7, 11) is 0.438. The Morgan fingerprint density at radius 1 is 1.04 bits per heavy atom. The van der Waals surface area contributed by atoms with Crippen LogP contribution in [0.5, 0.6) is 5.75 Å². The highest BCUT2D eigenvalue weighted by molar-refractivity contribution is 7.89. The molecule has 2 aromatic carbocycles. The van der Waals surface area contributed by atoms with Gasteiger partial charge in [-0.05, 0) is 42.0 Å². The smallest absolute Gasteiger partial charge is 0.319 e. The molecule has 0 bridgehead atoms. The number of nitrogens with one attached hydrogen (secondary N) is 2. The number of nitrogens with zero attached hydrogens (tertiary/aromatic N) is 1. The standard InChI is InChI=1S/C17H21N3O5S/c1-20(25-3)26(22,23)16-10-6-14(7-11-16)19-17(21)18-12-13-4-8-15(24-2)9-5-13/h4-11H,12H2,1-3H3,(H2,18,19,21). The first-order valence-electron chi connectivity index (χ1n) is 7.67. The van der Waals surface area contributed by atoms with Gasteiger partial charge in [-0.15, -0.1) is 0 Å². The van der Waals surface area contributed by atoms with Gasteiger partial charge in [0, 0.05) is 19.3 Å². The van der Waals surface area contributed by atoms with E-state index in [-0.39, 0.29) is 4.90 Å². The number of anilines is 1. The van der Waals surface area contributed by atoms with Crippen LogP contribution >= 0.6 is 0 Å². The van der Waals surface area contributed by atoms with E-state index in [9.17, 15) is 13.2 Å². The molecule has 0 unspecified atom stereocenters. The Labute approximate surface area is 152 Å². The fourth-order valence-corrected chi connectivity index (χ4v) is 3.03. The average molecular weight is 379 g/mol. The summed E-state index contributed by atoms with van der Waals surface area (Å²) in [5, 5.41) is 5.36. The van der Waals surface area contributed by atoms with Crippen LogP contribution in [-0.2, 0) is 21.4 Å². The van der Waals surface area contributed by atoms with Crippen molar-refractivity contribution in [2.75, 3.05) is 26.6 Å². The molecule has 8 nitrogen and oxygen atoms in total. The molecule has 0 fully saturated rings. The first-order valence-corrected chi connectivity index (χ1v) is 9.11. The third kappa shape index (κ3) is 4.94. The lowest BCUT2D eigenvalue weighted by molar-refractivity contribution is -0.0258. The molecule has 0 aliphatic rings. The van der Waals surface area contributed by atoms with Gasteiger partial charge in [-0.25, -0.2) is 13.2 Å². The van der Waals surface area contributed by atoms with Gasteiger partial charge < -0.3 is 15.4 Å². The van der Waals surface area contributed by atoms with Crippen LogP contribution in [0.4, 0.5) is 10.5 Å². The van der Waals surface area contributed by atoms with Crippen molar-refractivity contribution in [2.24, 2.45) is 0 Å². The molecule has 0 heterocycles. The van der Waals surface area contributed by atoms with Crippen molar-refractivity contribution in [1.29, 1.82) is 0 Å². The summed E-state index contributed by atoms with van der Waals surface area (Å²) >= 11 is 0. The Kier molecular flexibility index (Phi) is 6.56. The van der Waals surface area contributed by atoms with E-state index in [0.29, 0.717) is 12.2 Å². The summed E-state index contributed by atoms with van der Waals surface area (Å²) in [5.41, 5.74) is 1.39. The molecule has 0 aliphatic carbocycles. The molecule has 0 saturated carbocycles. The monoisotopic (exact) mass is 379 g/mol. The molecule has 2 rings (SSSR count). The fraction of sp³-hybridized carbons (Fsp3) is 0.235. The van der Waals surface area contributed by atoms with Crippen LogP contribution in [0.2, 0.25) is 0 Å². The van der Waals surface area contributed by atoms with Gasteiger partial charge >= 0.3 is 6.03 Å². The number of ether oxygens (including phenoxy) is 1. The lowest BCUT2D eigenvalue weighted by Gasteiger charge is -2.14. The third-order valence-electron chi connectivity index (χ3n) is 3.62. The minimum absolute atomic E-state index is 0.0611. The predicted octanol–water partition coefficient (Wildman–Crippen LogP) is 2.20. The SMILES string of the molecule is COc1ccc(CNC(=O)Nc2ccc(S(=O)(=O)N(C)OC)cc2)cc1. The van der Waals surface area contributed by atoms with Crippen molar-refractivity contribution in [3.8, 4) is 5.75 Å². The Hall–Kier alpha value is -2.62. The molecule has 140 valence electrons. The lowest BCUT2D eigenvalue weighted by Crippen LogP contribution is -2.28. The summed E-state index contributed by atoms with van der Waals surface area (Å²) in [6, 6.07) is 12.7. The molecule has 0 spiro atoms. The number of carbonyl (C=O) groups excluding carboxylic acids is 1. The van der Waals surface area contributed by atoms with Gasteiger partial charge in [-0.1, -0.05) is 16.6 Å². The molecule has 26 heavy (non-hydrogen) atoms. The second kappa shape index (κ2) is 8.65. The van der Waals surface area contributed by atoms with Crippen LogP contribution in [0.3, 0.4) is 0 Å². The molecular weight excluding hydrogens is 358 g/mol. The lowest BCUT2D eigenvalue weighted by atomic mass is 10.2. The molecular formula is C17H21N3O5S. The molecule has 2 aromatic rings. The summed E-state index contributed by atoms with van der Waals surface area (Å²) < 4.78 is 30.0. The van der Waals surface area contributed by atoms with Crippen LogP contribution in [0, 0.1) is 0 Å². The van der Waals surface area contributed by atoms with Crippen molar-refractivity contribution in [1.82, 2.24) is 9.79 Å². The highest BCUT2D eigenvalue weighted by atomic mass is 32.2. The number of benzene rings is 2. The Morgan fingerprint density at radius 3 is 2.19 bits per heavy atom. The Morgan fingerprint density at radius 2 is 1.65 bits per heavy atom. The number of hydrogen-bond acceptors (Lipinski definition) is 5. The number of hydroxylamine groups is 1. The minimum Gasteiger partial charge on any atom is -0.497 e. The van der Waals surface area contributed by atoms with Crippen molar-refractivity contribution < 1.29 is 22.8 Å². The molecule has 0 aliphatic heterocycles. The third-order valence-corrected chi connectivity index (χ3v) is 5.31. The number of sulfonamides is 1. The van der Waals surface area contributed by atoms with Gasteiger partial charge in [0.2, 0.25) is 0 Å². The summed E-state index contributed by atoms with van der Waals surface area (Å²) in [6.45, 7) is 0.348. The summed E-state index contributed by atoms with van der Waals surface area (Å²) in [4.78, 5) is 16.7. The van der Waals surface area contributed by atoms with Crippen LogP contribution in [0.1, 0.15) is 5.56 Å². The van der Waals surface area contributed by atoms with E-state index in [2.05, 4.69) is 10.6 Å². The Bertz CT molecular complexity index is 836. The number of urea groups is 1. The number of amides is 2. The summed E-state index contributed by atoms with van der Waals surface area (Å²) in [5.74, 6) is 0.743. The van der Waals surface area contributed by atoms with Gasteiger partial charge in [-0.3, -0.25) is 4.84 Å². The van der Waals surface area contributed by atoms with Crippen molar-refractivity contribution in [3.63, 3.8) is 0 Å². The topological polar surface area (TPSA) is 97.0 Å². The van der Waals surface area contributed by atoms with Crippen LogP contribution < -0.4 is 15.4 Å². The maximum absolute atomic E-state index is 12.1. The van der Waals surface area contributed by atoms with E-state index >= 15 is 0 Å². The van der Waals surface area contributed by atoms with Crippen LogP contribution in [-0.4, -0.2) is 40.2 Å². The number of methoxy groups -OCH3 is 1. The van der Waals surface area contributed by atoms with E-state index in [1.165, 1.54) is 38.4 Å². The minimum atomic E-state index is -3.71. The van der Waals surface area contributed by atoms with Crippen molar-refractivity contribution in [3.05, 3.63) is 54.1 Å². The molecule has 2 amide bonds. The molecule has 0 atom stereocenters. The van der Waals surface area contributed by atoms with E-state index < -0.39 is 16.1 Å². The van der Waals surface area contributed by atoms with Gasteiger partial charge in [0.15, 0.2) is 0 Å². The normalized spacial score (nSPS) is 11.2. The maximum Gasteiger partial charge on any atom is 0.319 e. The van der Waals surface area contributed by atoms with Crippen LogP contribution in [0.25, 0.3) is 0 Å². The Balaban J connectivity index is 1.92. The van der Waals surface area contributed by atoms with E-state index in [0.717, 1.165) is 15.8 Å². The zero-order chi connectivity index (χ0) is 19.2. The molecule has 2 N–H and O–H groups in total. The van der Waals surface area contributed by atoms with Crippen molar-refractivity contribution >= 4 is 21.7 Å². The predicted molar refractivity (Wildman–Crippen MR) is 97.3 cm³/mol. The zero-order valence-corrected chi connectivity index (χ0v) is 15.5. The van der Waals surface area contributed by atoms with E-state index in [1.807, 2.05) is 24.3 Å². The molecule has 9 heteroatoms. The number of carbonyl (C=O) groups is 1. The quantitative estimate of drug-likeness (QED) is 0.719. The van der Waals surface area contributed by atoms with E-state index in [1.54, 1.807) is 7.11 Å². The van der Waals surface area contributed by atoms with Gasteiger partial charge in [0.25, 0.3) is 10.0 Å². The fourth-order valence-electron chi connectivity index (χ4n) is 2.06. The number of hydrogen-bond donors (Lipinski definition) is 2. The van der Waals surface area contributed by atoms with Gasteiger partial charge in [-0.2, -0.15) is 0 Å². The second-order valence-corrected chi connectivity index (χ2v) is 7.21. The number of rotatable bonds is 7. The highest BCUT2D eigenvalue weighted by Gasteiger charge is 2.20. The van der Waals surface area contributed by atoms with Gasteiger partial charge in [0.05, 0.1) is 19.1 Å². The average Bonchev–Trinajstić information content (AvgIpc) is 2.66. The maximum atomic E-state index is 12.1. The molecule has 0 aromatic heterocycles. The molecule has 0 saturated heterocycles. The van der Waals surface area contributed by atoms with E-state index in [4.69, 9.17) is 9.57 Å². The first-order chi connectivity index (χ1) is 12.4. The van der Waals surface area contributed by atoms with Gasteiger partial charge in [0.1, 0.15) is 5.75 Å². The van der Waals surface area contributed by atoms with Crippen molar-refractivity contribution in [2.45, 2.75) is 11.4 Å².